The van der Waals surface area contributed by atoms with E-state index in [0.29, 0.717) is 11.5 Å². The van der Waals surface area contributed by atoms with Gasteiger partial charge in [0.15, 0.2) is 0 Å². The Kier molecular flexibility index (Phi) is 3.70. The van der Waals surface area contributed by atoms with Gasteiger partial charge in [-0.05, 0) is 37.8 Å². The van der Waals surface area contributed by atoms with Crippen LogP contribution in [0.3, 0.4) is 0 Å². The third-order valence-corrected chi connectivity index (χ3v) is 4.39. The Morgan fingerprint density at radius 1 is 1.38 bits per heavy atom. The summed E-state index contributed by atoms with van der Waals surface area (Å²) in [5.41, 5.74) is 1.88. The predicted molar refractivity (Wildman–Crippen MR) is 72.8 cm³/mol. The molecule has 0 spiro atoms. The van der Waals surface area contributed by atoms with Crippen LogP contribution < -0.4 is 5.32 Å². The van der Waals surface area contributed by atoms with Crippen LogP contribution in [0.2, 0.25) is 0 Å². The molecule has 1 aromatic carbocycles. The monoisotopic (exact) mass is 281 g/mol. The molecule has 1 aromatic rings. The Morgan fingerprint density at radius 2 is 2.06 bits per heavy atom. The van der Waals surface area contributed by atoms with Crippen molar-refractivity contribution in [3.8, 4) is 0 Å². The number of nitrogens with one attached hydrogen (secondary N) is 1. The Balaban J connectivity index is 2.06. The van der Waals surface area contributed by atoms with E-state index in [4.69, 9.17) is 0 Å². The molecule has 2 rings (SSSR count). The van der Waals surface area contributed by atoms with Gasteiger partial charge in [0, 0.05) is 22.5 Å². The molecular weight excluding hydrogens is 262 g/mol. The average Bonchev–Trinajstić information content (AvgIpc) is 3.07. The van der Waals surface area contributed by atoms with Gasteiger partial charge in [-0.1, -0.05) is 41.1 Å². The molecule has 1 nitrogen and oxygen atoms in total. The summed E-state index contributed by atoms with van der Waals surface area (Å²) < 4.78 is 1.26. The molecule has 1 N–H and O–H groups in total. The molecule has 2 heteroatoms. The van der Waals surface area contributed by atoms with E-state index in [0.717, 1.165) is 6.54 Å². The lowest BCUT2D eigenvalue weighted by molar-refractivity contribution is 0.486. The number of hydrogen-bond donors (Lipinski definition) is 1. The molecule has 0 bridgehead atoms. The van der Waals surface area contributed by atoms with E-state index < -0.39 is 0 Å². The first-order valence-corrected chi connectivity index (χ1v) is 6.95. The van der Waals surface area contributed by atoms with Crippen LogP contribution in [0.5, 0.6) is 0 Å². The minimum absolute atomic E-state index is 0.406. The zero-order valence-electron chi connectivity index (χ0n) is 10.1. The second kappa shape index (κ2) is 4.89. The van der Waals surface area contributed by atoms with Crippen LogP contribution in [0.1, 0.15) is 38.7 Å². The summed E-state index contributed by atoms with van der Waals surface area (Å²) in [6.45, 7) is 5.61. The molecule has 0 radical (unpaired) electrons. The van der Waals surface area contributed by atoms with Crippen LogP contribution in [-0.2, 0) is 5.41 Å². The third kappa shape index (κ3) is 2.49. The molecule has 0 saturated heterocycles. The first-order valence-electron chi connectivity index (χ1n) is 6.16. The number of rotatable bonds is 5. The second-order valence-electron chi connectivity index (χ2n) is 4.95. The maximum atomic E-state index is 3.67. The van der Waals surface area contributed by atoms with Crippen molar-refractivity contribution >= 4 is 15.9 Å². The summed E-state index contributed by atoms with van der Waals surface area (Å²) in [4.78, 5) is 0. The minimum atomic E-state index is 0.406. The number of halogens is 1. The first-order chi connectivity index (χ1) is 7.68. The smallest absolute Gasteiger partial charge is 0.0213 e. The fourth-order valence-corrected chi connectivity index (χ4v) is 2.80. The van der Waals surface area contributed by atoms with Gasteiger partial charge in [0.05, 0.1) is 0 Å². The zero-order chi connectivity index (χ0) is 11.6. The maximum absolute atomic E-state index is 3.67. The lowest BCUT2D eigenvalue weighted by atomic mass is 9.95. The van der Waals surface area contributed by atoms with Gasteiger partial charge in [-0.2, -0.15) is 0 Å². The van der Waals surface area contributed by atoms with Crippen molar-refractivity contribution in [1.82, 2.24) is 5.32 Å². The molecular formula is C14H20BrN. The lowest BCUT2D eigenvalue weighted by Crippen LogP contribution is -2.33. The molecule has 0 heterocycles. The van der Waals surface area contributed by atoms with Crippen LogP contribution in [0, 0.1) is 0 Å². The fraction of sp³-hybridized carbons (Fsp3) is 0.571. The summed E-state index contributed by atoms with van der Waals surface area (Å²) >= 11 is 3.67. The highest BCUT2D eigenvalue weighted by molar-refractivity contribution is 9.10. The zero-order valence-corrected chi connectivity index (χ0v) is 11.7. The molecule has 0 aromatic heterocycles. The van der Waals surface area contributed by atoms with Crippen LogP contribution in [-0.4, -0.2) is 12.6 Å². The normalized spacial score (nSPS) is 19.4. The van der Waals surface area contributed by atoms with E-state index in [-0.39, 0.29) is 0 Å². The number of hydrogen-bond acceptors (Lipinski definition) is 1. The quantitative estimate of drug-likeness (QED) is 0.864. The molecule has 1 aliphatic rings. The third-order valence-electron chi connectivity index (χ3n) is 3.70. The highest BCUT2D eigenvalue weighted by atomic mass is 79.9. The van der Waals surface area contributed by atoms with Gasteiger partial charge in [-0.25, -0.2) is 0 Å². The van der Waals surface area contributed by atoms with E-state index >= 15 is 0 Å². The highest BCUT2D eigenvalue weighted by Crippen LogP contribution is 2.49. The Labute approximate surface area is 107 Å². The SMILES string of the molecule is CCC(C)NCC1(c2ccccc2Br)CC1. The summed E-state index contributed by atoms with van der Waals surface area (Å²) in [7, 11) is 0. The molecule has 16 heavy (non-hydrogen) atoms. The topological polar surface area (TPSA) is 12.0 Å². The van der Waals surface area contributed by atoms with E-state index in [9.17, 15) is 0 Å². The van der Waals surface area contributed by atoms with Crippen molar-refractivity contribution in [2.45, 2.75) is 44.6 Å². The van der Waals surface area contributed by atoms with Gasteiger partial charge in [0.25, 0.3) is 0 Å². The lowest BCUT2D eigenvalue weighted by Gasteiger charge is -2.20. The standard InChI is InChI=1S/C14H20BrN/c1-3-11(2)16-10-14(8-9-14)12-6-4-5-7-13(12)15/h4-7,11,16H,3,8-10H2,1-2H3. The summed E-state index contributed by atoms with van der Waals surface area (Å²) in [5, 5.41) is 3.64. The number of benzene rings is 1. The second-order valence-corrected chi connectivity index (χ2v) is 5.80. The van der Waals surface area contributed by atoms with E-state index in [1.54, 1.807) is 0 Å². The molecule has 0 amide bonds. The molecule has 0 aliphatic heterocycles. The van der Waals surface area contributed by atoms with E-state index in [1.165, 1.54) is 29.3 Å². The molecule has 1 unspecified atom stereocenters. The average molecular weight is 282 g/mol. The van der Waals surface area contributed by atoms with Gasteiger partial charge >= 0.3 is 0 Å². The van der Waals surface area contributed by atoms with Crippen molar-refractivity contribution in [3.63, 3.8) is 0 Å². The summed E-state index contributed by atoms with van der Waals surface area (Å²) in [6, 6.07) is 9.27. The maximum Gasteiger partial charge on any atom is 0.0213 e. The van der Waals surface area contributed by atoms with Crippen LogP contribution in [0.4, 0.5) is 0 Å². The Bertz CT molecular complexity index is 358. The fourth-order valence-electron chi connectivity index (χ4n) is 2.10. The van der Waals surface area contributed by atoms with Crippen LogP contribution >= 0.6 is 15.9 Å². The van der Waals surface area contributed by atoms with Gasteiger partial charge in [0.1, 0.15) is 0 Å². The predicted octanol–water partition coefficient (Wildman–Crippen LogP) is 3.87. The molecule has 88 valence electrons. The van der Waals surface area contributed by atoms with Gasteiger partial charge in [-0.15, -0.1) is 0 Å². The van der Waals surface area contributed by atoms with E-state index in [2.05, 4.69) is 59.4 Å². The van der Waals surface area contributed by atoms with Crippen molar-refractivity contribution in [3.05, 3.63) is 34.3 Å². The first kappa shape index (κ1) is 12.1. The van der Waals surface area contributed by atoms with Crippen molar-refractivity contribution < 1.29 is 0 Å². The molecule has 1 saturated carbocycles. The largest absolute Gasteiger partial charge is 0.313 e. The Hall–Kier alpha value is -0.340. The van der Waals surface area contributed by atoms with E-state index in [1.807, 2.05) is 0 Å². The van der Waals surface area contributed by atoms with Crippen molar-refractivity contribution in [2.75, 3.05) is 6.54 Å². The van der Waals surface area contributed by atoms with Crippen molar-refractivity contribution in [1.29, 1.82) is 0 Å². The van der Waals surface area contributed by atoms with Crippen LogP contribution in [0.25, 0.3) is 0 Å². The molecule has 1 atom stereocenters. The van der Waals surface area contributed by atoms with Gasteiger partial charge in [0.2, 0.25) is 0 Å². The molecule has 1 aliphatic carbocycles. The van der Waals surface area contributed by atoms with Crippen LogP contribution in [0.15, 0.2) is 28.7 Å². The minimum Gasteiger partial charge on any atom is -0.313 e. The highest BCUT2D eigenvalue weighted by Gasteiger charge is 2.44. The van der Waals surface area contributed by atoms with Gasteiger partial charge < -0.3 is 5.32 Å². The summed E-state index contributed by atoms with van der Waals surface area (Å²) in [5.74, 6) is 0. The Morgan fingerprint density at radius 3 is 2.62 bits per heavy atom. The summed E-state index contributed by atoms with van der Waals surface area (Å²) in [6.07, 6.45) is 3.84. The van der Waals surface area contributed by atoms with Gasteiger partial charge in [-0.3, -0.25) is 0 Å². The van der Waals surface area contributed by atoms with Crippen molar-refractivity contribution in [2.24, 2.45) is 0 Å². The molecule has 1 fully saturated rings.